The van der Waals surface area contributed by atoms with Crippen molar-refractivity contribution in [3.8, 4) is 0 Å². The van der Waals surface area contributed by atoms with Crippen molar-refractivity contribution in [2.45, 2.75) is 46.1 Å². The number of likely N-dealkylation sites (N-methyl/N-ethyl adjacent to an activating group) is 1. The second-order valence-electron chi connectivity index (χ2n) is 6.31. The lowest BCUT2D eigenvalue weighted by atomic mass is 10.1. The lowest BCUT2D eigenvalue weighted by molar-refractivity contribution is -0.663. The smallest absolute Gasteiger partial charge is 0.270 e. The minimum atomic E-state index is -0.519. The highest BCUT2D eigenvalue weighted by atomic mass is 16.2. The van der Waals surface area contributed by atoms with Gasteiger partial charge in [0.1, 0.15) is 11.4 Å². The minimum absolute atomic E-state index is 0.166. The van der Waals surface area contributed by atoms with Crippen molar-refractivity contribution in [3.63, 3.8) is 0 Å². The molecule has 1 saturated heterocycles. The van der Waals surface area contributed by atoms with Crippen LogP contribution in [0.2, 0.25) is 0 Å². The maximum Gasteiger partial charge on any atom is 0.401 e. The Hall–Kier alpha value is -2.18. The molecule has 23 heavy (non-hydrogen) atoms. The van der Waals surface area contributed by atoms with Gasteiger partial charge in [0, 0.05) is 13.6 Å². The Labute approximate surface area is 136 Å². The molecule has 1 aromatic heterocycles. The van der Waals surface area contributed by atoms with E-state index in [4.69, 9.17) is 0 Å². The fraction of sp³-hybridized carbons (Fsp3) is 0.625. The Kier molecular flexibility index (Phi) is 3.74. The Morgan fingerprint density at radius 1 is 1.22 bits per heavy atom. The number of carbonyl (C=O) groups excluding carboxylic acids is 2. The third-order valence-corrected chi connectivity index (χ3v) is 4.97. The number of aliphatic imine (C=N–C) groups is 1. The summed E-state index contributed by atoms with van der Waals surface area (Å²) in [4.78, 5) is 32.9. The number of imidazole rings is 1. The second-order valence-corrected chi connectivity index (χ2v) is 6.31. The number of urea groups is 1. The van der Waals surface area contributed by atoms with Gasteiger partial charge in [0.25, 0.3) is 5.91 Å². The third-order valence-electron chi connectivity index (χ3n) is 4.97. The van der Waals surface area contributed by atoms with Crippen LogP contribution in [0.5, 0.6) is 0 Å². The zero-order chi connectivity index (χ0) is 16.9. The van der Waals surface area contributed by atoms with Crippen LogP contribution in [0.25, 0.3) is 0 Å². The van der Waals surface area contributed by atoms with E-state index in [1.165, 1.54) is 9.80 Å². The molecule has 124 valence electrons. The molecule has 3 amide bonds. The van der Waals surface area contributed by atoms with Crippen LogP contribution in [0.3, 0.4) is 0 Å². The van der Waals surface area contributed by atoms with Gasteiger partial charge in [0.15, 0.2) is 0 Å². The number of fused-ring (bicyclic) bond motifs is 3. The average molecular weight is 318 g/mol. The zero-order valence-corrected chi connectivity index (χ0v) is 14.5. The van der Waals surface area contributed by atoms with Crippen molar-refractivity contribution < 1.29 is 14.2 Å². The molecule has 0 aromatic carbocycles. The molecule has 1 atom stereocenters. The minimum Gasteiger partial charge on any atom is -0.270 e. The topological polar surface area (TPSA) is 61.8 Å². The first-order valence-electron chi connectivity index (χ1n) is 8.15. The molecule has 0 aliphatic carbocycles. The van der Waals surface area contributed by atoms with Crippen molar-refractivity contribution in [3.05, 3.63) is 11.4 Å². The molecule has 0 spiro atoms. The molecular weight excluding hydrogens is 294 g/mol. The highest BCUT2D eigenvalue weighted by Crippen LogP contribution is 2.34. The van der Waals surface area contributed by atoms with Gasteiger partial charge in [-0.2, -0.15) is 0 Å². The molecule has 0 saturated carbocycles. The maximum absolute atomic E-state index is 13.0. The molecule has 7 heteroatoms. The van der Waals surface area contributed by atoms with E-state index in [9.17, 15) is 9.59 Å². The van der Waals surface area contributed by atoms with Gasteiger partial charge >= 0.3 is 12.0 Å². The summed E-state index contributed by atoms with van der Waals surface area (Å²) in [7, 11) is 3.63. The summed E-state index contributed by atoms with van der Waals surface area (Å²) in [6.45, 7) is 6.58. The predicted molar refractivity (Wildman–Crippen MR) is 85.6 cm³/mol. The van der Waals surface area contributed by atoms with Gasteiger partial charge in [-0.25, -0.2) is 13.9 Å². The first-order valence-corrected chi connectivity index (χ1v) is 8.15. The summed E-state index contributed by atoms with van der Waals surface area (Å²) in [5.41, 5.74) is 2.09. The number of carbonyl (C=O) groups is 2. The van der Waals surface area contributed by atoms with E-state index in [1.807, 2.05) is 30.0 Å². The Morgan fingerprint density at radius 2 is 1.91 bits per heavy atom. The monoisotopic (exact) mass is 318 g/mol. The first kappa shape index (κ1) is 15.7. The van der Waals surface area contributed by atoms with Crippen LogP contribution in [0.1, 0.15) is 43.6 Å². The number of rotatable bonds is 4. The number of nitrogens with zero attached hydrogens (tertiary/aromatic N) is 5. The van der Waals surface area contributed by atoms with Crippen LogP contribution in [-0.4, -0.2) is 45.7 Å². The van der Waals surface area contributed by atoms with Crippen molar-refractivity contribution in [1.82, 2.24) is 14.4 Å². The predicted octanol–water partition coefficient (Wildman–Crippen LogP) is 1.60. The van der Waals surface area contributed by atoms with Crippen LogP contribution >= 0.6 is 0 Å². The van der Waals surface area contributed by atoms with Gasteiger partial charge in [-0.15, -0.1) is 0 Å². The molecule has 2 aliphatic rings. The van der Waals surface area contributed by atoms with Gasteiger partial charge in [0.05, 0.1) is 7.05 Å². The van der Waals surface area contributed by atoms with Crippen LogP contribution in [0.15, 0.2) is 4.99 Å². The van der Waals surface area contributed by atoms with Gasteiger partial charge in [0.2, 0.25) is 11.9 Å². The molecule has 0 radical (unpaired) electrons. The molecule has 3 rings (SSSR count). The van der Waals surface area contributed by atoms with E-state index in [0.717, 1.165) is 36.6 Å². The largest absolute Gasteiger partial charge is 0.401 e. The van der Waals surface area contributed by atoms with E-state index in [-0.39, 0.29) is 11.9 Å². The standard InChI is InChI=1S/C16H24N5O2/c1-6-7-8-9-20-14(22)12-13(19(5)16(20)23)17-15-18(4)10(2)11(3)21(12)15/h12H,6-9H2,1-5H3/q+1. The van der Waals surface area contributed by atoms with Crippen LogP contribution in [-0.2, 0) is 11.8 Å². The number of aromatic nitrogens is 2. The van der Waals surface area contributed by atoms with E-state index >= 15 is 0 Å². The van der Waals surface area contributed by atoms with Crippen molar-refractivity contribution in [2.75, 3.05) is 13.6 Å². The maximum atomic E-state index is 13.0. The average Bonchev–Trinajstić information content (AvgIpc) is 3.02. The summed E-state index contributed by atoms with van der Waals surface area (Å²) in [6.07, 6.45) is 2.90. The SMILES string of the molecule is CCCCCN1C(=O)C2C(=Nc3n2c(C)c(C)[n+]3C)N(C)C1=O. The summed E-state index contributed by atoms with van der Waals surface area (Å²) in [5, 5.41) is 0. The summed E-state index contributed by atoms with van der Waals surface area (Å²) < 4.78 is 3.91. The zero-order valence-electron chi connectivity index (χ0n) is 14.5. The van der Waals surface area contributed by atoms with Crippen molar-refractivity contribution >= 4 is 23.7 Å². The summed E-state index contributed by atoms with van der Waals surface area (Å²) in [6, 6.07) is -0.793. The number of hydrogen-bond donors (Lipinski definition) is 0. The Bertz CT molecular complexity index is 719. The van der Waals surface area contributed by atoms with E-state index < -0.39 is 6.04 Å². The Morgan fingerprint density at radius 3 is 2.57 bits per heavy atom. The molecule has 2 aliphatic heterocycles. The molecule has 7 nitrogen and oxygen atoms in total. The lowest BCUT2D eigenvalue weighted by Crippen LogP contribution is -2.57. The molecule has 1 fully saturated rings. The normalized spacial score (nSPS) is 20.0. The first-order chi connectivity index (χ1) is 10.9. The van der Waals surface area contributed by atoms with Crippen LogP contribution < -0.4 is 4.57 Å². The van der Waals surface area contributed by atoms with Crippen LogP contribution in [0.4, 0.5) is 10.7 Å². The van der Waals surface area contributed by atoms with Crippen LogP contribution in [0, 0.1) is 13.8 Å². The van der Waals surface area contributed by atoms with Gasteiger partial charge in [-0.1, -0.05) is 24.8 Å². The second kappa shape index (κ2) is 5.47. The van der Waals surface area contributed by atoms with E-state index in [2.05, 4.69) is 11.9 Å². The third kappa shape index (κ3) is 2.09. The number of unbranched alkanes of at least 4 members (excludes halogenated alkanes) is 2. The lowest BCUT2D eigenvalue weighted by Gasteiger charge is -2.33. The molecule has 1 aromatic rings. The molecule has 0 bridgehead atoms. The fourth-order valence-corrected chi connectivity index (χ4v) is 3.32. The van der Waals surface area contributed by atoms with E-state index in [0.29, 0.717) is 12.4 Å². The molecule has 0 N–H and O–H groups in total. The van der Waals surface area contributed by atoms with Crippen molar-refractivity contribution in [2.24, 2.45) is 12.0 Å². The summed E-state index contributed by atoms with van der Waals surface area (Å²) in [5.74, 6) is 1.09. The molecule has 3 heterocycles. The number of imide groups is 1. The highest BCUT2D eigenvalue weighted by Gasteiger charge is 2.53. The highest BCUT2D eigenvalue weighted by molar-refractivity contribution is 6.20. The van der Waals surface area contributed by atoms with Gasteiger partial charge in [-0.05, 0) is 20.3 Å². The van der Waals surface area contributed by atoms with E-state index in [1.54, 1.807) is 7.05 Å². The number of amides is 3. The summed E-state index contributed by atoms with van der Waals surface area (Å²) >= 11 is 0. The Balaban J connectivity index is 2.01. The quantitative estimate of drug-likeness (QED) is 0.625. The number of amidine groups is 1. The fourth-order valence-electron chi connectivity index (χ4n) is 3.32. The van der Waals surface area contributed by atoms with Gasteiger partial charge < -0.3 is 0 Å². The van der Waals surface area contributed by atoms with Gasteiger partial charge in [-0.3, -0.25) is 14.6 Å². The van der Waals surface area contributed by atoms with Crippen molar-refractivity contribution in [1.29, 1.82) is 0 Å². The molecule has 1 unspecified atom stereocenters. The molecular formula is C16H24N5O2+. The number of hydrogen-bond acceptors (Lipinski definition) is 3.